The van der Waals surface area contributed by atoms with E-state index >= 15 is 0 Å². The SMILES string of the molecule is CC(=O)N1CCC2(CC1)c1cc(C#CC3OC(CO)C(O)C(O)C3O)ccc1-c1ccc(C#CC3OC(CO)C(O)C(O)C3O)cc12. The van der Waals surface area contributed by atoms with Crippen molar-refractivity contribution in [1.29, 1.82) is 0 Å². The molecule has 3 aliphatic heterocycles. The summed E-state index contributed by atoms with van der Waals surface area (Å²) in [6.07, 6.45) is -12.0. The van der Waals surface area contributed by atoms with E-state index in [2.05, 4.69) is 23.7 Å². The summed E-state index contributed by atoms with van der Waals surface area (Å²) >= 11 is 0. The number of benzene rings is 2. The summed E-state index contributed by atoms with van der Waals surface area (Å²) in [6, 6.07) is 11.6. The van der Waals surface area contributed by atoms with Gasteiger partial charge >= 0.3 is 0 Å². The van der Waals surface area contributed by atoms with Crippen molar-refractivity contribution in [2.24, 2.45) is 0 Å². The lowest BCUT2D eigenvalue weighted by atomic mass is 9.70. The van der Waals surface area contributed by atoms with Gasteiger partial charge in [0, 0.05) is 36.6 Å². The molecule has 3 fully saturated rings. The van der Waals surface area contributed by atoms with E-state index in [9.17, 15) is 45.6 Å². The van der Waals surface area contributed by atoms with Crippen LogP contribution in [0.25, 0.3) is 11.1 Å². The normalized spacial score (nSPS) is 34.0. The van der Waals surface area contributed by atoms with Crippen molar-refractivity contribution in [2.75, 3.05) is 26.3 Å². The van der Waals surface area contributed by atoms with Crippen LogP contribution in [0.3, 0.4) is 0 Å². The monoisotopic (exact) mass is 649 g/mol. The summed E-state index contributed by atoms with van der Waals surface area (Å²) in [5.41, 5.74) is 4.84. The molecule has 10 atom stereocenters. The molecule has 1 spiro atoms. The van der Waals surface area contributed by atoms with Crippen LogP contribution in [0.2, 0.25) is 0 Å². The van der Waals surface area contributed by atoms with Gasteiger partial charge < -0.3 is 55.2 Å². The van der Waals surface area contributed by atoms with Crippen molar-refractivity contribution in [1.82, 2.24) is 4.90 Å². The van der Waals surface area contributed by atoms with Crippen molar-refractivity contribution in [2.45, 2.75) is 86.2 Å². The Kier molecular flexibility index (Phi) is 9.46. The largest absolute Gasteiger partial charge is 0.394 e. The molecule has 0 saturated carbocycles. The number of hydrogen-bond acceptors (Lipinski definition) is 11. The number of carbonyl (C=O) groups is 1. The fraction of sp³-hybridized carbons (Fsp3) is 0.514. The number of carbonyl (C=O) groups excluding carboxylic acids is 1. The second kappa shape index (κ2) is 13.3. The number of likely N-dealkylation sites (tertiary alicyclic amines) is 1. The van der Waals surface area contributed by atoms with Gasteiger partial charge in [0.05, 0.1) is 13.2 Å². The minimum atomic E-state index is -1.53. The molecular formula is C35H39NO11. The molecule has 0 aromatic heterocycles. The quantitative estimate of drug-likeness (QED) is 0.167. The minimum absolute atomic E-state index is 0.00316. The Hall–Kier alpha value is -3.37. The molecule has 250 valence electrons. The van der Waals surface area contributed by atoms with E-state index in [1.165, 1.54) is 0 Å². The zero-order valence-electron chi connectivity index (χ0n) is 25.7. The third-order valence-electron chi connectivity index (χ3n) is 9.92. The second-order valence-corrected chi connectivity index (χ2v) is 12.6. The first-order valence-corrected chi connectivity index (χ1v) is 15.7. The predicted molar refractivity (Wildman–Crippen MR) is 165 cm³/mol. The first-order valence-electron chi connectivity index (χ1n) is 15.7. The number of aliphatic hydroxyl groups is 8. The Labute approximate surface area is 271 Å². The number of nitrogens with zero attached hydrogens (tertiary/aromatic N) is 1. The number of fused-ring (bicyclic) bond motifs is 5. The first-order chi connectivity index (χ1) is 22.5. The van der Waals surface area contributed by atoms with E-state index in [0.717, 1.165) is 22.3 Å². The molecule has 2 aromatic rings. The van der Waals surface area contributed by atoms with E-state index in [-0.39, 0.29) is 5.91 Å². The first kappa shape index (κ1) is 33.5. The molecule has 12 heteroatoms. The van der Waals surface area contributed by atoms with Crippen molar-refractivity contribution in [3.8, 4) is 34.8 Å². The minimum Gasteiger partial charge on any atom is -0.394 e. The van der Waals surface area contributed by atoms with Crippen LogP contribution in [-0.2, 0) is 19.7 Å². The van der Waals surface area contributed by atoms with Gasteiger partial charge in [-0.05, 0) is 59.4 Å². The summed E-state index contributed by atoms with van der Waals surface area (Å²) in [5.74, 6) is 11.7. The second-order valence-electron chi connectivity index (χ2n) is 12.6. The average Bonchev–Trinajstić information content (AvgIpc) is 3.33. The van der Waals surface area contributed by atoms with E-state index in [1.807, 2.05) is 41.3 Å². The predicted octanol–water partition coefficient (Wildman–Crippen LogP) is -2.02. The number of ether oxygens (including phenoxy) is 2. The number of hydrogen-bond donors (Lipinski definition) is 8. The Morgan fingerprint density at radius 2 is 1.15 bits per heavy atom. The molecule has 3 heterocycles. The van der Waals surface area contributed by atoms with Crippen LogP contribution in [0.15, 0.2) is 36.4 Å². The molecule has 3 saturated heterocycles. The molecule has 10 unspecified atom stereocenters. The fourth-order valence-corrected chi connectivity index (χ4v) is 7.14. The van der Waals surface area contributed by atoms with Crippen LogP contribution < -0.4 is 0 Å². The van der Waals surface area contributed by atoms with Crippen LogP contribution in [-0.4, -0.2) is 139 Å². The highest BCUT2D eigenvalue weighted by atomic mass is 16.5. The Morgan fingerprint density at radius 1 is 0.723 bits per heavy atom. The van der Waals surface area contributed by atoms with Crippen LogP contribution in [0.5, 0.6) is 0 Å². The maximum absolute atomic E-state index is 12.2. The van der Waals surface area contributed by atoms with Gasteiger partial charge in [0.2, 0.25) is 5.91 Å². The molecule has 4 aliphatic rings. The van der Waals surface area contributed by atoms with Gasteiger partial charge in [-0.2, -0.15) is 0 Å². The summed E-state index contributed by atoms with van der Waals surface area (Å²) in [6.45, 7) is 1.53. The van der Waals surface area contributed by atoms with Gasteiger partial charge in [0.15, 0.2) is 0 Å². The number of aliphatic hydroxyl groups excluding tert-OH is 8. The number of piperidine rings is 1. The highest BCUT2D eigenvalue weighted by Gasteiger charge is 2.47. The lowest BCUT2D eigenvalue weighted by Crippen LogP contribution is -2.58. The third-order valence-corrected chi connectivity index (χ3v) is 9.92. The fourth-order valence-electron chi connectivity index (χ4n) is 7.14. The van der Waals surface area contributed by atoms with E-state index in [0.29, 0.717) is 37.1 Å². The van der Waals surface area contributed by atoms with Crippen LogP contribution in [0.1, 0.15) is 42.0 Å². The van der Waals surface area contributed by atoms with Crippen molar-refractivity contribution in [3.05, 3.63) is 58.7 Å². The molecule has 8 N–H and O–H groups in total. The molecular weight excluding hydrogens is 610 g/mol. The van der Waals surface area contributed by atoms with Gasteiger partial charge in [0.1, 0.15) is 61.0 Å². The molecule has 2 aromatic carbocycles. The molecule has 12 nitrogen and oxygen atoms in total. The van der Waals surface area contributed by atoms with E-state index in [1.54, 1.807) is 6.92 Å². The smallest absolute Gasteiger partial charge is 0.219 e. The Morgan fingerprint density at radius 3 is 1.53 bits per heavy atom. The van der Waals surface area contributed by atoms with Crippen LogP contribution in [0, 0.1) is 23.7 Å². The van der Waals surface area contributed by atoms with E-state index in [4.69, 9.17) is 9.47 Å². The highest BCUT2D eigenvalue weighted by molar-refractivity contribution is 5.83. The highest BCUT2D eigenvalue weighted by Crippen LogP contribution is 2.54. The molecule has 0 radical (unpaired) electrons. The molecule has 6 rings (SSSR count). The number of rotatable bonds is 2. The van der Waals surface area contributed by atoms with Crippen molar-refractivity contribution in [3.63, 3.8) is 0 Å². The maximum atomic E-state index is 12.2. The maximum Gasteiger partial charge on any atom is 0.219 e. The topological polar surface area (TPSA) is 201 Å². The summed E-state index contributed by atoms with van der Waals surface area (Å²) < 4.78 is 11.1. The van der Waals surface area contributed by atoms with E-state index < -0.39 is 79.7 Å². The zero-order valence-corrected chi connectivity index (χ0v) is 25.7. The molecule has 1 aliphatic carbocycles. The molecule has 1 amide bonds. The van der Waals surface area contributed by atoms with Gasteiger partial charge in [-0.3, -0.25) is 4.79 Å². The van der Waals surface area contributed by atoms with Gasteiger partial charge in [-0.15, -0.1) is 0 Å². The summed E-state index contributed by atoms with van der Waals surface area (Å²) in [5, 5.41) is 80.4. The Bertz CT molecular complexity index is 1520. The lowest BCUT2D eigenvalue weighted by molar-refractivity contribution is -0.214. The Balaban J connectivity index is 1.34. The van der Waals surface area contributed by atoms with Crippen LogP contribution >= 0.6 is 0 Å². The third kappa shape index (κ3) is 5.96. The summed E-state index contributed by atoms with van der Waals surface area (Å²) in [4.78, 5) is 14.0. The molecule has 47 heavy (non-hydrogen) atoms. The molecule has 0 bridgehead atoms. The average molecular weight is 650 g/mol. The van der Waals surface area contributed by atoms with Gasteiger partial charge in [-0.25, -0.2) is 0 Å². The number of amides is 1. The van der Waals surface area contributed by atoms with Gasteiger partial charge in [0.25, 0.3) is 0 Å². The van der Waals surface area contributed by atoms with Crippen molar-refractivity contribution >= 4 is 5.91 Å². The van der Waals surface area contributed by atoms with Gasteiger partial charge in [-0.1, -0.05) is 35.8 Å². The van der Waals surface area contributed by atoms with Crippen LogP contribution in [0.4, 0.5) is 0 Å². The zero-order chi connectivity index (χ0) is 33.6. The standard InChI is InChI=1S/C35H39NO11/c1-18(39)36-12-10-35(11-13-36)23-14-19(4-8-25-29(40)33(44)31(42)27(16-37)46-25)2-6-21(23)22-7-3-20(15-24(22)35)5-9-26-30(41)34(45)32(43)28(17-38)47-26/h2-3,6-7,14-15,25-34,37-38,40-45H,10-13,16-17H2,1H3. The lowest BCUT2D eigenvalue weighted by Gasteiger charge is -2.40. The van der Waals surface area contributed by atoms with Crippen molar-refractivity contribution < 1.29 is 55.1 Å². The summed E-state index contributed by atoms with van der Waals surface area (Å²) in [7, 11) is 0.